The van der Waals surface area contributed by atoms with Crippen molar-refractivity contribution in [1.82, 2.24) is 4.72 Å². The summed E-state index contributed by atoms with van der Waals surface area (Å²) in [7, 11) is -1.94. The monoisotopic (exact) mass is 333 g/mol. The number of nitrogens with two attached hydrogens (primary N) is 1. The van der Waals surface area contributed by atoms with Gasteiger partial charge in [-0.2, -0.15) is 0 Å². The number of hydrogen-bond donors (Lipinski definition) is 2. The summed E-state index contributed by atoms with van der Waals surface area (Å²) in [5.74, 6) is -0.115. The summed E-state index contributed by atoms with van der Waals surface area (Å²) < 4.78 is 27.8. The maximum absolute atomic E-state index is 12.6. The third-order valence-corrected chi connectivity index (χ3v) is 5.61. The van der Waals surface area contributed by atoms with Crippen LogP contribution >= 0.6 is 0 Å². The molecule has 2 aromatic carbocycles. The molecule has 0 saturated carbocycles. The number of carbonyl (C=O) groups excluding carboxylic acids is 1. The van der Waals surface area contributed by atoms with Gasteiger partial charge in [0.25, 0.3) is 5.91 Å². The summed E-state index contributed by atoms with van der Waals surface area (Å²) >= 11 is 0. The number of sulfonamides is 1. The lowest BCUT2D eigenvalue weighted by Crippen LogP contribution is -2.25. The quantitative estimate of drug-likeness (QED) is 0.783. The molecule has 2 aromatic rings. The van der Waals surface area contributed by atoms with Crippen molar-refractivity contribution in [3.63, 3.8) is 0 Å². The van der Waals surface area contributed by atoms with E-state index in [0.717, 1.165) is 12.1 Å². The molecule has 122 valence electrons. The summed E-state index contributed by atoms with van der Waals surface area (Å²) in [6.45, 7) is 0.887. The zero-order valence-corrected chi connectivity index (χ0v) is 13.7. The number of anilines is 1. The number of carbonyl (C=O) groups is 1. The highest BCUT2D eigenvalue weighted by Gasteiger charge is 2.29. The number of nitrogens with one attached hydrogen (secondary N) is 1. The molecule has 3 rings (SSSR count). The molecule has 1 aliphatic heterocycles. The molecule has 6 nitrogen and oxygen atoms in total. The van der Waals surface area contributed by atoms with Crippen LogP contribution in [0.2, 0.25) is 0 Å². The van der Waals surface area contributed by atoms with Crippen LogP contribution in [0.15, 0.2) is 35.2 Å². The van der Waals surface area contributed by atoms with Gasteiger partial charge in [0.05, 0.1) is 10.6 Å². The van der Waals surface area contributed by atoms with Gasteiger partial charge in [-0.25, -0.2) is 13.1 Å². The molecule has 7 heteroatoms. The molecular formula is C16H19N3O3S. The summed E-state index contributed by atoms with van der Waals surface area (Å²) in [5, 5.41) is 1.27. The number of benzene rings is 2. The Bertz CT molecular complexity index is 878. The molecule has 0 fully saturated rings. The van der Waals surface area contributed by atoms with Gasteiger partial charge in [0.1, 0.15) is 0 Å². The van der Waals surface area contributed by atoms with Gasteiger partial charge in [0.2, 0.25) is 10.0 Å². The normalized spacial score (nSPS) is 14.0. The summed E-state index contributed by atoms with van der Waals surface area (Å²) in [6, 6.07) is 8.42. The molecule has 0 aromatic heterocycles. The van der Waals surface area contributed by atoms with Gasteiger partial charge in [0.15, 0.2) is 0 Å². The lowest BCUT2D eigenvalue weighted by Gasteiger charge is -2.12. The summed E-state index contributed by atoms with van der Waals surface area (Å²) in [6.07, 6.45) is 1.46. The van der Waals surface area contributed by atoms with E-state index in [4.69, 9.17) is 5.73 Å². The first kappa shape index (κ1) is 15.9. The third kappa shape index (κ3) is 2.60. The van der Waals surface area contributed by atoms with Crippen LogP contribution in [0.1, 0.15) is 23.2 Å². The van der Waals surface area contributed by atoms with Crippen LogP contribution in [-0.2, 0) is 10.0 Å². The zero-order valence-electron chi connectivity index (χ0n) is 12.9. The molecule has 1 aliphatic rings. The van der Waals surface area contributed by atoms with Crippen LogP contribution in [0.4, 0.5) is 5.69 Å². The van der Waals surface area contributed by atoms with E-state index in [-0.39, 0.29) is 10.8 Å². The van der Waals surface area contributed by atoms with Crippen molar-refractivity contribution < 1.29 is 13.2 Å². The van der Waals surface area contributed by atoms with Crippen LogP contribution < -0.4 is 15.4 Å². The fourth-order valence-corrected chi connectivity index (χ4v) is 4.17. The molecule has 23 heavy (non-hydrogen) atoms. The van der Waals surface area contributed by atoms with Crippen LogP contribution in [0, 0.1) is 0 Å². The first-order chi connectivity index (χ1) is 11.0. The van der Waals surface area contributed by atoms with E-state index in [9.17, 15) is 13.2 Å². The van der Waals surface area contributed by atoms with E-state index in [1.807, 2.05) is 0 Å². The second-order valence-electron chi connectivity index (χ2n) is 5.57. The maximum atomic E-state index is 12.6. The highest BCUT2D eigenvalue weighted by molar-refractivity contribution is 7.89. The van der Waals surface area contributed by atoms with Gasteiger partial charge in [-0.05, 0) is 37.6 Å². The second kappa shape index (κ2) is 5.92. The Kier molecular flexibility index (Phi) is 4.09. The molecular weight excluding hydrogens is 314 g/mol. The largest absolute Gasteiger partial charge is 0.330 e. The average molecular weight is 333 g/mol. The van der Waals surface area contributed by atoms with Crippen LogP contribution in [0.5, 0.6) is 0 Å². The Balaban J connectivity index is 2.06. The highest BCUT2D eigenvalue weighted by atomic mass is 32.2. The molecule has 0 saturated heterocycles. The topological polar surface area (TPSA) is 92.5 Å². The smallest absolute Gasteiger partial charge is 0.258 e. The van der Waals surface area contributed by atoms with E-state index in [2.05, 4.69) is 4.72 Å². The Hall–Kier alpha value is -1.96. The molecule has 0 atom stereocenters. The van der Waals surface area contributed by atoms with Gasteiger partial charge >= 0.3 is 0 Å². The SMILES string of the molecule is CN1C(=O)c2cccc3c(S(=O)(=O)NCCCCN)ccc1c23. The van der Waals surface area contributed by atoms with Crippen molar-refractivity contribution in [2.75, 3.05) is 25.0 Å². The van der Waals surface area contributed by atoms with Crippen molar-refractivity contribution in [2.24, 2.45) is 5.73 Å². The Morgan fingerprint density at radius 3 is 2.70 bits per heavy atom. The van der Waals surface area contributed by atoms with E-state index in [0.29, 0.717) is 35.8 Å². The Labute approximate surface area is 135 Å². The van der Waals surface area contributed by atoms with E-state index < -0.39 is 10.0 Å². The van der Waals surface area contributed by atoms with Crippen molar-refractivity contribution in [3.05, 3.63) is 35.9 Å². The lowest BCUT2D eigenvalue weighted by molar-refractivity contribution is 0.0999. The maximum Gasteiger partial charge on any atom is 0.258 e. The number of nitrogens with zero attached hydrogens (tertiary/aromatic N) is 1. The van der Waals surface area contributed by atoms with Gasteiger partial charge < -0.3 is 10.6 Å². The number of hydrogen-bond acceptors (Lipinski definition) is 4. The van der Waals surface area contributed by atoms with Crippen molar-refractivity contribution >= 4 is 32.4 Å². The van der Waals surface area contributed by atoms with Crippen molar-refractivity contribution in [2.45, 2.75) is 17.7 Å². The van der Waals surface area contributed by atoms with Gasteiger partial charge in [-0.1, -0.05) is 12.1 Å². The molecule has 1 heterocycles. The lowest BCUT2D eigenvalue weighted by atomic mass is 10.1. The van der Waals surface area contributed by atoms with Crippen LogP contribution in [-0.4, -0.2) is 34.5 Å². The fourth-order valence-electron chi connectivity index (χ4n) is 2.90. The van der Waals surface area contributed by atoms with Crippen molar-refractivity contribution in [1.29, 1.82) is 0 Å². The van der Waals surface area contributed by atoms with Gasteiger partial charge in [-0.3, -0.25) is 4.79 Å². The first-order valence-electron chi connectivity index (χ1n) is 7.51. The van der Waals surface area contributed by atoms with E-state index >= 15 is 0 Å². The van der Waals surface area contributed by atoms with Crippen LogP contribution in [0.25, 0.3) is 10.8 Å². The molecule has 3 N–H and O–H groups in total. The molecule has 0 bridgehead atoms. The summed E-state index contributed by atoms with van der Waals surface area (Å²) in [4.78, 5) is 14.0. The summed E-state index contributed by atoms with van der Waals surface area (Å²) in [5.41, 5.74) is 6.70. The minimum atomic E-state index is -3.63. The highest BCUT2D eigenvalue weighted by Crippen LogP contribution is 2.39. The minimum absolute atomic E-state index is 0.115. The molecule has 0 radical (unpaired) electrons. The standard InChI is InChI=1S/C16H19N3O3S/c1-19-13-7-8-14(23(21,22)18-10-3-2-9-17)11-5-4-6-12(15(11)13)16(19)20/h4-8,18H,2-3,9-10,17H2,1H3. The average Bonchev–Trinajstić information content (AvgIpc) is 2.79. The molecule has 0 spiro atoms. The van der Waals surface area contributed by atoms with Crippen LogP contribution in [0.3, 0.4) is 0 Å². The number of unbranched alkanes of at least 4 members (excludes halogenated alkanes) is 1. The first-order valence-corrected chi connectivity index (χ1v) is 8.99. The fraction of sp³-hybridized carbons (Fsp3) is 0.312. The van der Waals surface area contributed by atoms with Gasteiger partial charge in [0, 0.05) is 29.9 Å². The predicted molar refractivity (Wildman–Crippen MR) is 90.2 cm³/mol. The Morgan fingerprint density at radius 2 is 1.96 bits per heavy atom. The van der Waals surface area contributed by atoms with Gasteiger partial charge in [-0.15, -0.1) is 0 Å². The number of rotatable bonds is 6. The molecule has 0 unspecified atom stereocenters. The van der Waals surface area contributed by atoms with E-state index in [1.165, 1.54) is 0 Å². The Morgan fingerprint density at radius 1 is 1.17 bits per heavy atom. The number of amides is 1. The van der Waals surface area contributed by atoms with E-state index in [1.54, 1.807) is 42.3 Å². The second-order valence-corrected chi connectivity index (χ2v) is 7.30. The minimum Gasteiger partial charge on any atom is -0.330 e. The predicted octanol–water partition coefficient (Wildman–Crippen LogP) is 1.45. The zero-order chi connectivity index (χ0) is 16.6. The van der Waals surface area contributed by atoms with Crippen molar-refractivity contribution in [3.8, 4) is 0 Å². The third-order valence-electron chi connectivity index (χ3n) is 4.09. The molecule has 0 aliphatic carbocycles. The molecule has 1 amide bonds.